The van der Waals surface area contributed by atoms with E-state index in [1.165, 1.54) is 38.5 Å². The van der Waals surface area contributed by atoms with E-state index in [4.69, 9.17) is 2.74 Å². The van der Waals surface area contributed by atoms with Gasteiger partial charge < -0.3 is 5.11 Å². The number of fused-ring (bicyclic) bond motifs is 4. The van der Waals surface area contributed by atoms with Crippen molar-refractivity contribution < 1.29 is 7.85 Å². The van der Waals surface area contributed by atoms with E-state index >= 15 is 0 Å². The van der Waals surface area contributed by atoms with Crippen LogP contribution in [0.5, 0.6) is 0 Å². The molecule has 0 bridgehead atoms. The zero-order chi connectivity index (χ0) is 24.6. The average Bonchev–Trinajstić information content (AvgIpc) is 3.00. The first kappa shape index (κ1) is 21.2. The highest BCUT2D eigenvalue weighted by Gasteiger charge is 2.63. The second-order valence-corrected chi connectivity index (χ2v) is 13.6. The highest BCUT2D eigenvalue weighted by molar-refractivity contribution is 5.38. The second-order valence-electron chi connectivity index (χ2n) is 13.6. The fourth-order valence-corrected chi connectivity index (χ4v) is 9.47. The van der Waals surface area contributed by atoms with Crippen LogP contribution in [0.4, 0.5) is 0 Å². The predicted octanol–water partition coefficient (Wildman–Crippen LogP) is 8.56. The third kappa shape index (κ3) is 3.41. The molecule has 0 aliphatic heterocycles. The van der Waals surface area contributed by atoms with Crippen molar-refractivity contribution in [3.63, 3.8) is 0 Å². The minimum atomic E-state index is -0.659. The van der Waals surface area contributed by atoms with E-state index < -0.39 is 5.89 Å². The van der Waals surface area contributed by atoms with E-state index in [2.05, 4.69) is 41.5 Å². The second kappa shape index (κ2) is 7.89. The molecule has 4 aliphatic rings. The van der Waals surface area contributed by atoms with Gasteiger partial charge >= 0.3 is 0 Å². The molecule has 0 aromatic carbocycles. The van der Waals surface area contributed by atoms with Gasteiger partial charge in [-0.3, -0.25) is 0 Å². The van der Waals surface area contributed by atoms with Crippen molar-refractivity contribution in [2.75, 3.05) is 0 Å². The summed E-state index contributed by atoms with van der Waals surface area (Å²) >= 11 is 0. The highest BCUT2D eigenvalue weighted by atomic mass is 16.3. The van der Waals surface area contributed by atoms with E-state index in [-0.39, 0.29) is 23.3 Å². The summed E-state index contributed by atoms with van der Waals surface area (Å²) in [6, 6.07) is 0. The topological polar surface area (TPSA) is 20.2 Å². The Balaban J connectivity index is 1.60. The third-order valence-corrected chi connectivity index (χ3v) is 11.7. The minimum Gasteiger partial charge on any atom is -0.393 e. The van der Waals surface area contributed by atoms with Crippen LogP contribution in [0, 0.1) is 45.3 Å². The van der Waals surface area contributed by atoms with Gasteiger partial charge in [-0.05, 0) is 96.7 Å². The molecule has 0 spiro atoms. The Bertz CT molecular complexity index is 794. The summed E-state index contributed by atoms with van der Waals surface area (Å²) in [5.41, 5.74) is 4.56. The molecule has 0 saturated heterocycles. The Kier molecular flexibility index (Phi) is 5.40. The van der Waals surface area contributed by atoms with Crippen LogP contribution in [0.3, 0.4) is 0 Å². The van der Waals surface area contributed by atoms with Gasteiger partial charge in [0, 0.05) is 2.74 Å². The molecule has 4 rings (SSSR count). The van der Waals surface area contributed by atoms with Crippen LogP contribution >= 0.6 is 0 Å². The highest BCUT2D eigenvalue weighted by Crippen LogP contribution is 2.72. The van der Waals surface area contributed by atoms with Gasteiger partial charge in [0.15, 0.2) is 0 Å². The van der Waals surface area contributed by atoms with E-state index in [9.17, 15) is 5.11 Å². The number of aliphatic hydroxyl groups excluding tert-OH is 1. The fraction of sp³-hybridized carbons (Fsp3) is 0.933. The van der Waals surface area contributed by atoms with Gasteiger partial charge in [0.25, 0.3) is 0 Å². The lowest BCUT2D eigenvalue weighted by atomic mass is 9.43. The Morgan fingerprint density at radius 1 is 0.968 bits per heavy atom. The molecule has 1 heteroatoms. The molecule has 0 aromatic heterocycles. The summed E-state index contributed by atoms with van der Waals surface area (Å²) in [5, 5.41) is 10.8. The third-order valence-electron chi connectivity index (χ3n) is 11.7. The Morgan fingerprint density at radius 2 is 1.68 bits per heavy atom. The number of hydrogen-bond donors (Lipinski definition) is 1. The summed E-state index contributed by atoms with van der Waals surface area (Å²) in [6.45, 7) is 18.6. The summed E-state index contributed by atoms with van der Waals surface area (Å²) in [7, 11) is 0. The predicted molar refractivity (Wildman–Crippen MR) is 133 cm³/mol. The van der Waals surface area contributed by atoms with Crippen molar-refractivity contribution in [1.29, 1.82) is 0 Å². The van der Waals surface area contributed by atoms with Crippen LogP contribution in [0.1, 0.15) is 129 Å². The molecule has 0 heterocycles. The van der Waals surface area contributed by atoms with Crippen molar-refractivity contribution in [2.45, 2.75) is 132 Å². The molecule has 1 unspecified atom stereocenters. The van der Waals surface area contributed by atoms with Crippen LogP contribution in [-0.2, 0) is 0 Å². The number of rotatable bonds is 5. The molecule has 178 valence electrons. The largest absolute Gasteiger partial charge is 0.393 e. The van der Waals surface area contributed by atoms with E-state index in [0.717, 1.165) is 31.6 Å². The van der Waals surface area contributed by atoms with Crippen molar-refractivity contribution in [3.8, 4) is 0 Å². The van der Waals surface area contributed by atoms with Gasteiger partial charge in [0.05, 0.1) is 6.10 Å². The Labute approximate surface area is 196 Å². The summed E-state index contributed by atoms with van der Waals surface area (Å²) in [5.74, 6) is 1.30. The molecule has 0 aromatic rings. The van der Waals surface area contributed by atoms with E-state index in [1.807, 2.05) is 19.4 Å². The SMILES string of the molecule is [3H]C(CC[C@@H](C)[C@H]1CC[C@@]2(C)C3=C(CC[C@]12C)[C@@]1(C)CC[C@H](O)C(C)(C)[C@@H]1CC3)C([3H])(C)C. The molecule has 4 aliphatic carbocycles. The molecule has 2 saturated carbocycles. The fourth-order valence-electron chi connectivity index (χ4n) is 9.47. The molecular formula is C30H52O. The summed E-state index contributed by atoms with van der Waals surface area (Å²) in [4.78, 5) is 0. The Hall–Kier alpha value is -0.300. The van der Waals surface area contributed by atoms with Gasteiger partial charge in [0.2, 0.25) is 0 Å². The van der Waals surface area contributed by atoms with Crippen molar-refractivity contribution in [1.82, 2.24) is 0 Å². The van der Waals surface area contributed by atoms with Crippen LogP contribution in [0.2, 0.25) is 0 Å². The van der Waals surface area contributed by atoms with Gasteiger partial charge in [0.1, 0.15) is 0 Å². The zero-order valence-electron chi connectivity index (χ0n) is 23.9. The Morgan fingerprint density at radius 3 is 2.35 bits per heavy atom. The lowest BCUT2D eigenvalue weighted by Gasteiger charge is -2.62. The quantitative estimate of drug-likeness (QED) is 0.431. The number of allylic oxidation sites excluding steroid dienone is 2. The minimum absolute atomic E-state index is 0.0122. The first-order valence-corrected chi connectivity index (χ1v) is 13.4. The molecule has 1 N–H and O–H groups in total. The maximum atomic E-state index is 10.8. The van der Waals surface area contributed by atoms with Gasteiger partial charge in [-0.25, -0.2) is 0 Å². The van der Waals surface area contributed by atoms with Gasteiger partial charge in [-0.15, -0.1) is 0 Å². The molecule has 2 fully saturated rings. The summed E-state index contributed by atoms with van der Waals surface area (Å²) in [6.07, 6.45) is 11.3. The number of aliphatic hydroxyl groups is 1. The van der Waals surface area contributed by atoms with E-state index in [0.29, 0.717) is 22.7 Å². The standard InChI is InChI=1S/C30H52O/c1-20(2)10-9-11-21(3)22-14-18-30(8)24-12-13-25-27(4,5)26(31)16-17-28(25,6)23(24)15-19-29(22,30)7/h20-22,25-26,31H,9-19H2,1-8H3/t21-,22-,25+,26+,28-,29-,30+/m1/s1/i10T,20T/t10?,21-,22-,25+,26+,28-,29-,30+. The molecule has 31 heavy (non-hydrogen) atoms. The van der Waals surface area contributed by atoms with Crippen LogP contribution < -0.4 is 0 Å². The lowest BCUT2D eigenvalue weighted by molar-refractivity contribution is -0.0962. The molecule has 0 radical (unpaired) electrons. The first-order chi connectivity index (χ1) is 15.1. The monoisotopic (exact) mass is 432 g/mol. The molecule has 0 amide bonds. The molecule has 1 nitrogen and oxygen atoms in total. The van der Waals surface area contributed by atoms with Crippen LogP contribution in [0.25, 0.3) is 0 Å². The van der Waals surface area contributed by atoms with Crippen molar-refractivity contribution in [2.24, 2.45) is 45.3 Å². The van der Waals surface area contributed by atoms with Gasteiger partial charge in [-0.1, -0.05) is 85.8 Å². The lowest BCUT2D eigenvalue weighted by Crippen LogP contribution is -2.55. The van der Waals surface area contributed by atoms with Crippen molar-refractivity contribution in [3.05, 3.63) is 11.1 Å². The maximum Gasteiger partial charge on any atom is 0.0594 e. The van der Waals surface area contributed by atoms with Crippen molar-refractivity contribution >= 4 is 0 Å². The normalized spacial score (nSPS) is 47.6. The van der Waals surface area contributed by atoms with Crippen LogP contribution in [0.15, 0.2) is 11.1 Å². The van der Waals surface area contributed by atoms with E-state index in [1.54, 1.807) is 5.57 Å². The van der Waals surface area contributed by atoms with Gasteiger partial charge in [-0.2, -0.15) is 0 Å². The average molecular weight is 433 g/mol. The zero-order valence-corrected chi connectivity index (χ0v) is 21.9. The number of hydrogen-bond acceptors (Lipinski definition) is 1. The summed E-state index contributed by atoms with van der Waals surface area (Å²) < 4.78 is 16.7. The molecule has 8 atom stereocenters. The first-order valence-electron chi connectivity index (χ1n) is 14.5. The smallest absolute Gasteiger partial charge is 0.0594 e. The maximum absolute atomic E-state index is 10.8. The van der Waals surface area contributed by atoms with Crippen LogP contribution in [-0.4, -0.2) is 11.2 Å². The molecular weight excluding hydrogens is 376 g/mol.